The van der Waals surface area contributed by atoms with E-state index in [2.05, 4.69) is 49.2 Å². The molecule has 1 aliphatic rings. The smallest absolute Gasteiger partial charge is 0.260 e. The summed E-state index contributed by atoms with van der Waals surface area (Å²) in [6.45, 7) is 6.56. The van der Waals surface area contributed by atoms with Crippen molar-refractivity contribution in [2.24, 2.45) is 0 Å². The minimum atomic E-state index is -0.151. The van der Waals surface area contributed by atoms with Crippen molar-refractivity contribution in [1.29, 1.82) is 0 Å². The molecule has 1 saturated heterocycles. The van der Waals surface area contributed by atoms with Gasteiger partial charge in [0, 0.05) is 77.4 Å². The van der Waals surface area contributed by atoms with E-state index < -0.39 is 0 Å². The number of aryl methyl sites for hydroxylation is 1. The number of hydrogen-bond donors (Lipinski definition) is 2. The highest BCUT2D eigenvalue weighted by molar-refractivity contribution is 6.33. The monoisotopic (exact) mass is 540 g/mol. The van der Waals surface area contributed by atoms with Crippen LogP contribution in [0.15, 0.2) is 72.0 Å². The van der Waals surface area contributed by atoms with E-state index in [9.17, 15) is 4.79 Å². The summed E-state index contributed by atoms with van der Waals surface area (Å²) in [4.78, 5) is 34.7. The Morgan fingerprint density at radius 3 is 2.49 bits per heavy atom. The van der Waals surface area contributed by atoms with Crippen LogP contribution in [0.3, 0.4) is 0 Å². The predicted octanol–water partition coefficient (Wildman–Crippen LogP) is 5.02. The molecule has 3 aromatic heterocycles. The number of H-pyrrole nitrogens is 1. The maximum absolute atomic E-state index is 13.6. The third-order valence-corrected chi connectivity index (χ3v) is 7.52. The van der Waals surface area contributed by atoms with Crippen LogP contribution >= 0.6 is 11.6 Å². The molecule has 9 nitrogen and oxygen atoms in total. The molecule has 1 fully saturated rings. The number of halogens is 1. The van der Waals surface area contributed by atoms with Crippen LogP contribution in [-0.4, -0.2) is 62.6 Å². The van der Waals surface area contributed by atoms with Crippen molar-refractivity contribution in [1.82, 2.24) is 29.4 Å². The molecule has 5 aromatic rings. The molecule has 0 bridgehead atoms. The van der Waals surface area contributed by atoms with Crippen molar-refractivity contribution < 1.29 is 0 Å². The molecule has 39 heavy (non-hydrogen) atoms. The topological polar surface area (TPSA) is 95.0 Å². The molecule has 0 spiro atoms. The zero-order valence-electron chi connectivity index (χ0n) is 21.9. The number of aromatic nitrogens is 5. The molecule has 0 aliphatic carbocycles. The molecule has 198 valence electrons. The molecule has 10 heteroatoms. The van der Waals surface area contributed by atoms with Gasteiger partial charge in [-0.2, -0.15) is 4.98 Å². The predicted molar refractivity (Wildman–Crippen MR) is 157 cm³/mol. The van der Waals surface area contributed by atoms with Crippen LogP contribution in [0.5, 0.6) is 0 Å². The number of benzene rings is 2. The van der Waals surface area contributed by atoms with E-state index in [1.807, 2.05) is 43.3 Å². The summed E-state index contributed by atoms with van der Waals surface area (Å²) in [6, 6.07) is 15.7. The molecule has 0 amide bonds. The van der Waals surface area contributed by atoms with Gasteiger partial charge in [0.25, 0.3) is 5.56 Å². The fourth-order valence-electron chi connectivity index (χ4n) is 4.97. The van der Waals surface area contributed by atoms with Crippen LogP contribution in [0, 0.1) is 0 Å². The van der Waals surface area contributed by atoms with Gasteiger partial charge in [0.05, 0.1) is 18.2 Å². The van der Waals surface area contributed by atoms with Crippen LogP contribution in [0.1, 0.15) is 6.92 Å². The molecule has 2 aromatic carbocycles. The van der Waals surface area contributed by atoms with Gasteiger partial charge in [0.15, 0.2) is 0 Å². The molecule has 0 unspecified atom stereocenters. The lowest BCUT2D eigenvalue weighted by Crippen LogP contribution is -2.44. The highest BCUT2D eigenvalue weighted by atomic mass is 35.5. The average molecular weight is 541 g/mol. The largest absolute Gasteiger partial charge is 0.369 e. The number of aromatic amines is 1. The highest BCUT2D eigenvalue weighted by Crippen LogP contribution is 2.31. The summed E-state index contributed by atoms with van der Waals surface area (Å²) in [5.41, 5.74) is 5.44. The third kappa shape index (κ3) is 4.98. The molecule has 2 N–H and O–H groups in total. The van der Waals surface area contributed by atoms with Gasteiger partial charge in [-0.3, -0.25) is 9.36 Å². The Morgan fingerprint density at radius 1 is 1.00 bits per heavy atom. The summed E-state index contributed by atoms with van der Waals surface area (Å²) in [5, 5.41) is 4.53. The first kappa shape index (κ1) is 25.1. The Bertz CT molecular complexity index is 1670. The average Bonchev–Trinajstić information content (AvgIpc) is 3.49. The van der Waals surface area contributed by atoms with Gasteiger partial charge in [-0.05, 0) is 50.4 Å². The van der Waals surface area contributed by atoms with E-state index in [1.54, 1.807) is 23.3 Å². The summed E-state index contributed by atoms with van der Waals surface area (Å²) < 4.78 is 1.66. The number of piperazine rings is 1. The highest BCUT2D eigenvalue weighted by Gasteiger charge is 2.17. The third-order valence-electron chi connectivity index (χ3n) is 7.20. The second-order valence-corrected chi connectivity index (χ2v) is 10.1. The van der Waals surface area contributed by atoms with E-state index in [4.69, 9.17) is 16.6 Å². The Labute approximate surface area is 231 Å². The van der Waals surface area contributed by atoms with E-state index in [-0.39, 0.29) is 5.56 Å². The number of fused-ring (bicyclic) bond motifs is 1. The lowest BCUT2D eigenvalue weighted by molar-refractivity contribution is 0.313. The first-order chi connectivity index (χ1) is 19.0. The van der Waals surface area contributed by atoms with Gasteiger partial charge in [-0.1, -0.05) is 23.7 Å². The SMILES string of the molecule is CCn1c(=O)c(-c2ccc(-c3cnc[nH]3)cc2Cl)cc2cnc(Nc3ccc(N4CCN(C)CC4)cc3)nc21. The van der Waals surface area contributed by atoms with Crippen molar-refractivity contribution in [2.75, 3.05) is 43.4 Å². The fourth-order valence-corrected chi connectivity index (χ4v) is 5.25. The van der Waals surface area contributed by atoms with Crippen LogP contribution in [0.2, 0.25) is 5.02 Å². The van der Waals surface area contributed by atoms with Crippen molar-refractivity contribution >= 4 is 40.0 Å². The lowest BCUT2D eigenvalue weighted by Gasteiger charge is -2.34. The maximum atomic E-state index is 13.6. The second kappa shape index (κ2) is 10.5. The number of rotatable bonds is 6. The molecule has 6 rings (SSSR count). The lowest BCUT2D eigenvalue weighted by atomic mass is 10.0. The van der Waals surface area contributed by atoms with Gasteiger partial charge in [-0.25, -0.2) is 9.97 Å². The van der Waals surface area contributed by atoms with Gasteiger partial charge in [0.2, 0.25) is 5.95 Å². The number of anilines is 3. The molecule has 0 radical (unpaired) electrons. The van der Waals surface area contributed by atoms with Crippen LogP contribution < -0.4 is 15.8 Å². The molecule has 1 aliphatic heterocycles. The zero-order chi connectivity index (χ0) is 26.9. The molecular weight excluding hydrogens is 512 g/mol. The summed E-state index contributed by atoms with van der Waals surface area (Å²) >= 11 is 6.65. The maximum Gasteiger partial charge on any atom is 0.260 e. The number of likely N-dealkylation sites (N-methyl/N-ethyl adjacent to an activating group) is 1. The van der Waals surface area contributed by atoms with Gasteiger partial charge in [-0.15, -0.1) is 0 Å². The Morgan fingerprint density at radius 2 is 1.79 bits per heavy atom. The van der Waals surface area contributed by atoms with Crippen LogP contribution in [0.25, 0.3) is 33.4 Å². The van der Waals surface area contributed by atoms with E-state index in [0.29, 0.717) is 34.3 Å². The summed E-state index contributed by atoms with van der Waals surface area (Å²) in [6.07, 6.45) is 5.09. The number of hydrogen-bond acceptors (Lipinski definition) is 7. The molecule has 4 heterocycles. The fraction of sp³-hybridized carbons (Fsp3) is 0.241. The minimum absolute atomic E-state index is 0.151. The molecule has 0 atom stereocenters. The molecule has 0 saturated carbocycles. The first-order valence-electron chi connectivity index (χ1n) is 13.0. The van der Waals surface area contributed by atoms with E-state index in [1.165, 1.54) is 5.69 Å². The quantitative estimate of drug-likeness (QED) is 0.312. The normalized spacial score (nSPS) is 14.2. The number of pyridine rings is 1. The first-order valence-corrected chi connectivity index (χ1v) is 13.4. The summed E-state index contributed by atoms with van der Waals surface area (Å²) in [7, 11) is 2.15. The Hall–Kier alpha value is -4.21. The standard InChI is InChI=1S/C29H29ClN8O/c1-3-38-27-20(14-24(28(38)39)23-9-4-19(15-25(23)30)26-17-31-18-33-26)16-32-29(35-27)34-21-5-7-22(8-6-21)37-12-10-36(2)11-13-37/h4-9,14-18H,3,10-13H2,1-2H3,(H,31,33)(H,32,34,35). The summed E-state index contributed by atoms with van der Waals surface area (Å²) in [5.74, 6) is 0.436. The number of nitrogens with one attached hydrogen (secondary N) is 2. The zero-order valence-corrected chi connectivity index (χ0v) is 22.6. The van der Waals surface area contributed by atoms with Crippen LogP contribution in [0.4, 0.5) is 17.3 Å². The Kier molecular flexibility index (Phi) is 6.76. The van der Waals surface area contributed by atoms with Gasteiger partial charge >= 0.3 is 0 Å². The van der Waals surface area contributed by atoms with Crippen molar-refractivity contribution in [3.05, 3.63) is 82.6 Å². The number of nitrogens with zero attached hydrogens (tertiary/aromatic N) is 6. The second-order valence-electron chi connectivity index (χ2n) is 9.70. The van der Waals surface area contributed by atoms with Crippen LogP contribution in [-0.2, 0) is 6.54 Å². The van der Waals surface area contributed by atoms with E-state index >= 15 is 0 Å². The van der Waals surface area contributed by atoms with Crippen molar-refractivity contribution in [2.45, 2.75) is 13.5 Å². The van der Waals surface area contributed by atoms with Crippen molar-refractivity contribution in [3.8, 4) is 22.4 Å². The molecular formula is C29H29ClN8O. The van der Waals surface area contributed by atoms with Gasteiger partial charge < -0.3 is 20.1 Å². The number of imidazole rings is 1. The van der Waals surface area contributed by atoms with E-state index in [0.717, 1.165) is 48.5 Å². The van der Waals surface area contributed by atoms with Gasteiger partial charge in [0.1, 0.15) is 5.65 Å². The Balaban J connectivity index is 1.29. The minimum Gasteiger partial charge on any atom is -0.369 e. The van der Waals surface area contributed by atoms with Crippen molar-refractivity contribution in [3.63, 3.8) is 0 Å².